The summed E-state index contributed by atoms with van der Waals surface area (Å²) in [6.07, 6.45) is 1.93. The average Bonchev–Trinajstić information content (AvgIpc) is 2.39. The summed E-state index contributed by atoms with van der Waals surface area (Å²) in [5, 5.41) is 10.9. The average molecular weight is 263 g/mol. The van der Waals surface area contributed by atoms with E-state index in [0.717, 1.165) is 12.0 Å². The third kappa shape index (κ3) is 4.47. The molecule has 0 bridgehead atoms. The number of hydrogen-bond acceptors (Lipinski definition) is 3. The molecule has 0 saturated heterocycles. The van der Waals surface area contributed by atoms with E-state index in [1.807, 2.05) is 44.2 Å². The SMILES string of the molecule is CCCC(=O)C(CC)C(C[N+](=O)[O-])c1ccccc1. The van der Waals surface area contributed by atoms with Crippen molar-refractivity contribution in [3.05, 3.63) is 46.0 Å². The Kier molecular flexibility index (Phi) is 6.19. The second kappa shape index (κ2) is 7.67. The fraction of sp³-hybridized carbons (Fsp3) is 0.533. The van der Waals surface area contributed by atoms with Gasteiger partial charge in [-0.25, -0.2) is 0 Å². The summed E-state index contributed by atoms with van der Waals surface area (Å²) in [4.78, 5) is 22.7. The summed E-state index contributed by atoms with van der Waals surface area (Å²) in [6, 6.07) is 9.34. The fourth-order valence-corrected chi connectivity index (χ4v) is 2.49. The van der Waals surface area contributed by atoms with Crippen LogP contribution in [0.2, 0.25) is 0 Å². The minimum Gasteiger partial charge on any atom is -0.299 e. The Balaban J connectivity index is 3.01. The molecule has 0 aromatic heterocycles. The van der Waals surface area contributed by atoms with Gasteiger partial charge in [-0.05, 0) is 18.4 Å². The third-order valence-electron chi connectivity index (χ3n) is 3.41. The van der Waals surface area contributed by atoms with Crippen LogP contribution in [0, 0.1) is 16.0 Å². The Morgan fingerprint density at radius 3 is 2.37 bits per heavy atom. The lowest BCUT2D eigenvalue weighted by Crippen LogP contribution is -2.27. The third-order valence-corrected chi connectivity index (χ3v) is 3.41. The second-order valence-corrected chi connectivity index (χ2v) is 4.76. The molecule has 0 heterocycles. The van der Waals surface area contributed by atoms with Gasteiger partial charge in [-0.15, -0.1) is 0 Å². The lowest BCUT2D eigenvalue weighted by molar-refractivity contribution is -0.484. The van der Waals surface area contributed by atoms with E-state index >= 15 is 0 Å². The van der Waals surface area contributed by atoms with Gasteiger partial charge in [-0.1, -0.05) is 44.2 Å². The zero-order chi connectivity index (χ0) is 14.3. The molecule has 1 aromatic rings. The molecule has 4 nitrogen and oxygen atoms in total. The molecule has 0 amide bonds. The van der Waals surface area contributed by atoms with Crippen molar-refractivity contribution in [2.24, 2.45) is 5.92 Å². The summed E-state index contributed by atoms with van der Waals surface area (Å²) in [6.45, 7) is 3.70. The Hall–Kier alpha value is -1.71. The molecule has 2 atom stereocenters. The molecule has 0 aliphatic carbocycles. The Labute approximate surface area is 114 Å². The van der Waals surface area contributed by atoms with Crippen LogP contribution in [0.5, 0.6) is 0 Å². The van der Waals surface area contributed by atoms with Crippen LogP contribution < -0.4 is 0 Å². The van der Waals surface area contributed by atoms with Crippen molar-refractivity contribution >= 4 is 5.78 Å². The summed E-state index contributed by atoms with van der Waals surface area (Å²) in [5.74, 6) is -0.436. The first kappa shape index (κ1) is 15.3. The van der Waals surface area contributed by atoms with Gasteiger partial charge in [0, 0.05) is 17.3 Å². The highest BCUT2D eigenvalue weighted by Crippen LogP contribution is 2.29. The molecule has 0 aliphatic heterocycles. The number of nitro groups is 1. The summed E-state index contributed by atoms with van der Waals surface area (Å²) >= 11 is 0. The highest BCUT2D eigenvalue weighted by molar-refractivity contribution is 5.81. The molecule has 1 aromatic carbocycles. The maximum absolute atomic E-state index is 12.1. The number of ketones is 1. The van der Waals surface area contributed by atoms with Crippen LogP contribution in [0.1, 0.15) is 44.6 Å². The van der Waals surface area contributed by atoms with Gasteiger partial charge in [0.2, 0.25) is 6.54 Å². The highest BCUT2D eigenvalue weighted by Gasteiger charge is 2.31. The number of nitrogens with zero attached hydrogens (tertiary/aromatic N) is 1. The fourth-order valence-electron chi connectivity index (χ4n) is 2.49. The number of Topliss-reactive ketones (excluding diaryl/α,β-unsaturated/α-hetero) is 1. The highest BCUT2D eigenvalue weighted by atomic mass is 16.6. The second-order valence-electron chi connectivity index (χ2n) is 4.76. The number of carbonyl (C=O) groups is 1. The van der Waals surface area contributed by atoms with Gasteiger partial charge in [-0.2, -0.15) is 0 Å². The molecular weight excluding hydrogens is 242 g/mol. The van der Waals surface area contributed by atoms with Crippen molar-refractivity contribution in [3.8, 4) is 0 Å². The standard InChI is InChI=1S/C15H21NO3/c1-3-8-15(17)13(4-2)14(11-16(18)19)12-9-6-5-7-10-12/h5-7,9-10,13-14H,3-4,8,11H2,1-2H3. The van der Waals surface area contributed by atoms with Crippen molar-refractivity contribution in [2.75, 3.05) is 6.54 Å². The van der Waals surface area contributed by atoms with Crippen LogP contribution in [0.15, 0.2) is 30.3 Å². The first-order chi connectivity index (χ1) is 9.10. The molecule has 0 radical (unpaired) electrons. The number of hydrogen-bond donors (Lipinski definition) is 0. The van der Waals surface area contributed by atoms with Gasteiger partial charge in [0.1, 0.15) is 5.78 Å². The smallest absolute Gasteiger partial charge is 0.211 e. The largest absolute Gasteiger partial charge is 0.299 e. The normalized spacial score (nSPS) is 13.8. The zero-order valence-electron chi connectivity index (χ0n) is 11.5. The van der Waals surface area contributed by atoms with Crippen LogP contribution in [-0.4, -0.2) is 17.3 Å². The lowest BCUT2D eigenvalue weighted by Gasteiger charge is -2.22. The van der Waals surface area contributed by atoms with Crippen LogP contribution in [0.25, 0.3) is 0 Å². The monoisotopic (exact) mass is 263 g/mol. The minimum absolute atomic E-state index is 0.140. The van der Waals surface area contributed by atoms with Gasteiger partial charge >= 0.3 is 0 Å². The Morgan fingerprint density at radius 1 is 1.26 bits per heavy atom. The molecule has 0 fully saturated rings. The molecular formula is C15H21NO3. The van der Waals surface area contributed by atoms with Gasteiger partial charge in [-0.3, -0.25) is 14.9 Å². The van der Waals surface area contributed by atoms with Crippen molar-refractivity contribution < 1.29 is 9.72 Å². The van der Waals surface area contributed by atoms with Gasteiger partial charge in [0.05, 0.1) is 5.92 Å². The quantitative estimate of drug-likeness (QED) is 0.533. The van der Waals surface area contributed by atoms with E-state index in [-0.39, 0.29) is 29.1 Å². The lowest BCUT2D eigenvalue weighted by atomic mass is 9.80. The van der Waals surface area contributed by atoms with Crippen LogP contribution in [-0.2, 0) is 4.79 Å². The van der Waals surface area contributed by atoms with Crippen molar-refractivity contribution in [3.63, 3.8) is 0 Å². The van der Waals surface area contributed by atoms with E-state index in [4.69, 9.17) is 0 Å². The molecule has 1 rings (SSSR count). The van der Waals surface area contributed by atoms with Crippen molar-refractivity contribution in [1.29, 1.82) is 0 Å². The number of carbonyl (C=O) groups excluding carboxylic acids is 1. The van der Waals surface area contributed by atoms with E-state index < -0.39 is 0 Å². The number of rotatable bonds is 8. The molecule has 0 spiro atoms. The van der Waals surface area contributed by atoms with E-state index in [1.54, 1.807) is 0 Å². The zero-order valence-corrected chi connectivity index (χ0v) is 11.5. The van der Waals surface area contributed by atoms with Crippen LogP contribution in [0.4, 0.5) is 0 Å². The van der Waals surface area contributed by atoms with Crippen LogP contribution >= 0.6 is 0 Å². The molecule has 19 heavy (non-hydrogen) atoms. The van der Waals surface area contributed by atoms with Gasteiger partial charge in [0.15, 0.2) is 0 Å². The maximum Gasteiger partial charge on any atom is 0.211 e. The summed E-state index contributed by atoms with van der Waals surface area (Å²) < 4.78 is 0. The van der Waals surface area contributed by atoms with Crippen LogP contribution in [0.3, 0.4) is 0 Å². The molecule has 104 valence electrons. The van der Waals surface area contributed by atoms with Gasteiger partial charge < -0.3 is 0 Å². The minimum atomic E-state index is -0.320. The number of benzene rings is 1. The summed E-state index contributed by atoms with van der Waals surface area (Å²) in [7, 11) is 0. The molecule has 2 unspecified atom stereocenters. The van der Waals surface area contributed by atoms with E-state index in [9.17, 15) is 14.9 Å². The van der Waals surface area contributed by atoms with Gasteiger partial charge in [0.25, 0.3) is 0 Å². The Bertz CT molecular complexity index is 417. The predicted octanol–water partition coefficient (Wildman–Crippen LogP) is 3.44. The van der Waals surface area contributed by atoms with E-state index in [0.29, 0.717) is 12.8 Å². The topological polar surface area (TPSA) is 60.2 Å². The van der Waals surface area contributed by atoms with E-state index in [1.165, 1.54) is 0 Å². The molecule has 4 heteroatoms. The Morgan fingerprint density at radius 2 is 1.89 bits per heavy atom. The first-order valence-corrected chi connectivity index (χ1v) is 6.79. The first-order valence-electron chi connectivity index (χ1n) is 6.79. The maximum atomic E-state index is 12.1. The predicted molar refractivity (Wildman–Crippen MR) is 74.7 cm³/mol. The molecule has 0 aliphatic rings. The molecule has 0 saturated carbocycles. The van der Waals surface area contributed by atoms with E-state index in [2.05, 4.69) is 0 Å². The summed E-state index contributed by atoms with van der Waals surface area (Å²) in [5.41, 5.74) is 0.885. The van der Waals surface area contributed by atoms with Crippen molar-refractivity contribution in [1.82, 2.24) is 0 Å². The van der Waals surface area contributed by atoms with Crippen molar-refractivity contribution in [2.45, 2.75) is 39.0 Å². The molecule has 0 N–H and O–H groups in total.